The second-order valence-electron chi connectivity index (χ2n) is 29.0. The van der Waals surface area contributed by atoms with Crippen molar-refractivity contribution in [2.75, 3.05) is 26.4 Å². The van der Waals surface area contributed by atoms with E-state index >= 15 is 0 Å². The van der Waals surface area contributed by atoms with Gasteiger partial charge in [-0.1, -0.05) is 272 Å². The average molecular weight is 1440 g/mol. The lowest BCUT2D eigenvalue weighted by Gasteiger charge is -2.49. The molecule has 11 N–H and O–H groups in total. The molecule has 3 fully saturated rings. The third kappa shape index (κ3) is 38.2. The molecule has 20 unspecified atom stereocenters. The number of carbonyl (C=O) groups is 3. The minimum absolute atomic E-state index is 0.0323. The summed E-state index contributed by atoms with van der Waals surface area (Å²) in [7, 11) is -5.70. The van der Waals surface area contributed by atoms with Gasteiger partial charge in [-0.3, -0.25) is 23.4 Å². The lowest BCUT2D eigenvalue weighted by molar-refractivity contribution is -0.360. The minimum Gasteiger partial charge on any atom is -0.463 e. The van der Waals surface area contributed by atoms with Crippen molar-refractivity contribution in [3.8, 4) is 0 Å². The van der Waals surface area contributed by atoms with Gasteiger partial charge in [0.2, 0.25) is 0 Å². The van der Waals surface area contributed by atoms with Crippen LogP contribution in [0.2, 0.25) is 0 Å². The Balaban J connectivity index is 1.74. The first kappa shape index (κ1) is 91.2. The molecule has 1 saturated carbocycles. The predicted octanol–water partition coefficient (Wildman–Crippen LogP) is 11.1. The van der Waals surface area contributed by atoms with Gasteiger partial charge in [-0.25, -0.2) is 4.57 Å². The number of esters is 3. The van der Waals surface area contributed by atoms with Crippen LogP contribution in [0.25, 0.3) is 0 Å². The van der Waals surface area contributed by atoms with E-state index in [0.717, 1.165) is 96.3 Å². The maximum Gasteiger partial charge on any atom is 0.472 e. The fourth-order valence-electron chi connectivity index (χ4n) is 13.4. The Morgan fingerprint density at radius 1 is 0.384 bits per heavy atom. The number of hydrogen-bond donors (Lipinski definition) is 11. The fourth-order valence-corrected chi connectivity index (χ4v) is 14.3. The second kappa shape index (κ2) is 54.5. The topological polar surface area (TPSA) is 374 Å². The Labute approximate surface area is 593 Å². The Morgan fingerprint density at radius 3 is 1.09 bits per heavy atom. The van der Waals surface area contributed by atoms with Crippen LogP contribution in [-0.2, 0) is 61.2 Å². The quantitative estimate of drug-likeness (QED) is 0.0117. The summed E-state index contributed by atoms with van der Waals surface area (Å²) in [6.45, 7) is 8.11. The first-order valence-corrected chi connectivity index (χ1v) is 40.6. The van der Waals surface area contributed by atoms with Gasteiger partial charge in [-0.05, 0) is 31.1 Å². The number of aliphatic hydroxyl groups is 10. The van der Waals surface area contributed by atoms with E-state index in [2.05, 4.69) is 34.6 Å². The van der Waals surface area contributed by atoms with Gasteiger partial charge < -0.3 is 89.1 Å². The lowest BCUT2D eigenvalue weighted by Crippen LogP contribution is -2.69. The van der Waals surface area contributed by atoms with Gasteiger partial charge in [-0.15, -0.1) is 0 Å². The van der Waals surface area contributed by atoms with E-state index in [-0.39, 0.29) is 19.3 Å². The minimum atomic E-state index is -5.70. The van der Waals surface area contributed by atoms with Crippen LogP contribution in [0.5, 0.6) is 0 Å². The van der Waals surface area contributed by atoms with Gasteiger partial charge in [-0.2, -0.15) is 0 Å². The van der Waals surface area contributed by atoms with Gasteiger partial charge in [0, 0.05) is 19.3 Å². The van der Waals surface area contributed by atoms with E-state index in [1.165, 1.54) is 141 Å². The van der Waals surface area contributed by atoms with Crippen LogP contribution in [0.3, 0.4) is 0 Å². The summed E-state index contributed by atoms with van der Waals surface area (Å²) < 4.78 is 65.2. The summed E-state index contributed by atoms with van der Waals surface area (Å²) in [5.41, 5.74) is 0. The van der Waals surface area contributed by atoms with Gasteiger partial charge in [0.15, 0.2) is 18.7 Å². The maximum atomic E-state index is 14.4. The summed E-state index contributed by atoms with van der Waals surface area (Å²) in [6.07, 6.45) is 8.87. The average Bonchev–Trinajstić information content (AvgIpc) is 0.776. The number of phosphoric acid groups is 1. The SMILES string of the molecule is CCCCCCCCCCCCCCC(=O)OCC1OC(OC2C(O)C(O)C(O)C(OC3OC(CO)C(O)C(O)C3O)C2OP(=O)(O)OCC(COC(=O)CCCCCCCCC(C)CCCCCCCC)OC(=O)CCCCCCCCC(C)CCCCCCCC)C(O)C(O)C1O. The highest BCUT2D eigenvalue weighted by molar-refractivity contribution is 7.47. The molecule has 1 aliphatic carbocycles. The Kier molecular flexibility index (Phi) is 50.2. The van der Waals surface area contributed by atoms with Gasteiger partial charge >= 0.3 is 25.7 Å². The number of phosphoric ester groups is 1. The Bertz CT molecular complexity index is 2080. The standard InChI is InChI=1S/C74H139O24P/c1-6-9-12-15-18-19-20-21-22-23-32-40-47-59(77)91-52-57-62(80)64(82)69(87)74(95-57)97-71-67(85)65(83)66(84)70(96-73-68(86)63(81)61(79)56(49-75)94-73)72(71)98-99(88,89)92-51-55(93-60(78)48-41-34-27-25-31-38-45-54(5)43-36-29-17-14-11-8-3)50-90-58(76)46-39-33-26-24-30-37-44-53(4)42-35-28-16-13-10-7-2/h53-57,61-75,79-87H,6-52H2,1-5H3,(H,88,89). The van der Waals surface area contributed by atoms with Crippen molar-refractivity contribution >= 4 is 25.7 Å². The molecule has 0 amide bonds. The molecule has 0 aromatic carbocycles. The molecule has 2 aliphatic heterocycles. The first-order chi connectivity index (χ1) is 47.6. The third-order valence-corrected chi connectivity index (χ3v) is 20.9. The smallest absolute Gasteiger partial charge is 0.463 e. The number of hydrogen-bond acceptors (Lipinski definition) is 23. The highest BCUT2D eigenvalue weighted by atomic mass is 31.2. The molecule has 20 atom stereocenters. The molecule has 3 rings (SSSR count). The molecule has 2 heterocycles. The third-order valence-electron chi connectivity index (χ3n) is 19.9. The summed E-state index contributed by atoms with van der Waals surface area (Å²) in [5, 5.41) is 110. The molecular formula is C74H139O24P. The van der Waals surface area contributed by atoms with Crippen LogP contribution in [0.15, 0.2) is 0 Å². The molecule has 0 radical (unpaired) electrons. The van der Waals surface area contributed by atoms with Crippen LogP contribution in [-0.4, -0.2) is 204 Å². The summed E-state index contributed by atoms with van der Waals surface area (Å²) >= 11 is 0. The Hall–Kier alpha value is -2.04. The van der Waals surface area contributed by atoms with Crippen molar-refractivity contribution in [1.29, 1.82) is 0 Å². The molecular weight excluding hydrogens is 1300 g/mol. The monoisotopic (exact) mass is 1440 g/mol. The highest BCUT2D eigenvalue weighted by Gasteiger charge is 2.58. The van der Waals surface area contributed by atoms with E-state index in [1.807, 2.05) is 0 Å². The normalized spacial score (nSPS) is 28.1. The largest absolute Gasteiger partial charge is 0.472 e. The van der Waals surface area contributed by atoms with E-state index in [9.17, 15) is 74.9 Å². The molecule has 0 spiro atoms. The van der Waals surface area contributed by atoms with E-state index in [0.29, 0.717) is 31.1 Å². The summed E-state index contributed by atoms with van der Waals surface area (Å²) in [5.74, 6) is -0.600. The van der Waals surface area contributed by atoms with E-state index < -0.39 is 156 Å². The van der Waals surface area contributed by atoms with Crippen molar-refractivity contribution < 1.29 is 117 Å². The predicted molar refractivity (Wildman–Crippen MR) is 375 cm³/mol. The number of rotatable bonds is 60. The maximum absolute atomic E-state index is 14.4. The van der Waals surface area contributed by atoms with Gasteiger partial charge in [0.25, 0.3) is 0 Å². The molecule has 24 nitrogen and oxygen atoms in total. The lowest BCUT2D eigenvalue weighted by atomic mass is 9.84. The summed E-state index contributed by atoms with van der Waals surface area (Å²) in [4.78, 5) is 51.2. The van der Waals surface area contributed by atoms with Crippen LogP contribution in [0, 0.1) is 11.8 Å². The molecule has 0 aromatic heterocycles. The van der Waals surface area contributed by atoms with Crippen molar-refractivity contribution in [3.05, 3.63) is 0 Å². The van der Waals surface area contributed by atoms with Crippen LogP contribution in [0.4, 0.5) is 0 Å². The van der Waals surface area contributed by atoms with Crippen LogP contribution < -0.4 is 0 Å². The number of aliphatic hydroxyl groups excluding tert-OH is 10. The molecule has 25 heteroatoms. The molecule has 0 bridgehead atoms. The highest BCUT2D eigenvalue weighted by Crippen LogP contribution is 2.49. The van der Waals surface area contributed by atoms with Gasteiger partial charge in [0.05, 0.1) is 13.2 Å². The van der Waals surface area contributed by atoms with E-state index in [4.69, 9.17) is 42.2 Å². The first-order valence-electron chi connectivity index (χ1n) is 39.1. The second-order valence-corrected chi connectivity index (χ2v) is 30.4. The fraction of sp³-hybridized carbons (Fsp3) is 0.959. The number of unbranched alkanes of at least 4 members (excludes halogenated alkanes) is 31. The van der Waals surface area contributed by atoms with Crippen molar-refractivity contribution in [3.63, 3.8) is 0 Å². The van der Waals surface area contributed by atoms with Crippen molar-refractivity contribution in [1.82, 2.24) is 0 Å². The zero-order chi connectivity index (χ0) is 72.8. The zero-order valence-electron chi connectivity index (χ0n) is 61.4. The molecule has 2 saturated heterocycles. The van der Waals surface area contributed by atoms with Crippen LogP contribution >= 0.6 is 7.82 Å². The van der Waals surface area contributed by atoms with E-state index in [1.54, 1.807) is 0 Å². The molecule has 99 heavy (non-hydrogen) atoms. The summed E-state index contributed by atoms with van der Waals surface area (Å²) in [6, 6.07) is 0. The molecule has 3 aliphatic rings. The van der Waals surface area contributed by atoms with Crippen molar-refractivity contribution in [2.45, 2.75) is 415 Å². The van der Waals surface area contributed by atoms with Gasteiger partial charge in [0.1, 0.15) is 98.7 Å². The van der Waals surface area contributed by atoms with Crippen LogP contribution in [0.1, 0.15) is 311 Å². The molecule has 0 aromatic rings. The zero-order valence-corrected chi connectivity index (χ0v) is 62.3. The number of carbonyl (C=O) groups excluding carboxylic acids is 3. The van der Waals surface area contributed by atoms with Crippen molar-refractivity contribution in [2.24, 2.45) is 11.8 Å². The number of ether oxygens (including phenoxy) is 7. The Morgan fingerprint density at radius 2 is 0.707 bits per heavy atom. The molecule has 584 valence electrons.